The van der Waals surface area contributed by atoms with Crippen LogP contribution in [0.25, 0.3) is 22.0 Å². The number of carboxylic acids is 1. The van der Waals surface area contributed by atoms with E-state index in [4.69, 9.17) is 16.7 Å². The van der Waals surface area contributed by atoms with Gasteiger partial charge in [0.25, 0.3) is 0 Å². The van der Waals surface area contributed by atoms with Crippen LogP contribution in [0.15, 0.2) is 35.2 Å². The van der Waals surface area contributed by atoms with Crippen LogP contribution in [0.3, 0.4) is 0 Å². The van der Waals surface area contributed by atoms with Crippen molar-refractivity contribution in [1.82, 2.24) is 9.97 Å². The number of aromatic nitrogens is 2. The van der Waals surface area contributed by atoms with Gasteiger partial charge in [-0.25, -0.2) is 9.78 Å². The summed E-state index contributed by atoms with van der Waals surface area (Å²) in [5.74, 6) is -0.977. The number of nitrogens with zero attached hydrogens (tertiary/aromatic N) is 2. The lowest BCUT2D eigenvalue weighted by atomic mass is 10.2. The number of thiazole rings is 1. The molecule has 0 radical (unpaired) electrons. The SMILES string of the molecule is O=C(O)c1ccnc(-c2nc(-c3csc(Cl)c3)cs2)c1. The second kappa shape index (κ2) is 5.32. The number of hydrogen-bond donors (Lipinski definition) is 1. The molecule has 0 aliphatic heterocycles. The van der Waals surface area contributed by atoms with Crippen molar-refractivity contribution in [3.8, 4) is 22.0 Å². The van der Waals surface area contributed by atoms with E-state index >= 15 is 0 Å². The van der Waals surface area contributed by atoms with Gasteiger partial charge in [-0.1, -0.05) is 11.6 Å². The minimum atomic E-state index is -0.977. The summed E-state index contributed by atoms with van der Waals surface area (Å²) in [5, 5.41) is 13.5. The maximum atomic E-state index is 11.0. The predicted molar refractivity (Wildman–Crippen MR) is 80.6 cm³/mol. The zero-order valence-corrected chi connectivity index (χ0v) is 12.3. The Bertz CT molecular complexity index is 782. The van der Waals surface area contributed by atoms with Crippen LogP contribution in [0.1, 0.15) is 10.4 Å². The Morgan fingerprint density at radius 3 is 2.75 bits per heavy atom. The minimum absolute atomic E-state index is 0.199. The van der Waals surface area contributed by atoms with Crippen molar-refractivity contribution in [1.29, 1.82) is 0 Å². The number of hydrogen-bond acceptors (Lipinski definition) is 5. The topological polar surface area (TPSA) is 63.1 Å². The van der Waals surface area contributed by atoms with Crippen LogP contribution in [0.4, 0.5) is 0 Å². The van der Waals surface area contributed by atoms with Crippen molar-refractivity contribution in [2.24, 2.45) is 0 Å². The van der Waals surface area contributed by atoms with Crippen LogP contribution in [0, 0.1) is 0 Å². The minimum Gasteiger partial charge on any atom is -0.478 e. The molecule has 0 bridgehead atoms. The highest BCUT2D eigenvalue weighted by molar-refractivity contribution is 7.15. The summed E-state index contributed by atoms with van der Waals surface area (Å²) >= 11 is 8.78. The van der Waals surface area contributed by atoms with Gasteiger partial charge in [0.15, 0.2) is 0 Å². The van der Waals surface area contributed by atoms with E-state index in [9.17, 15) is 4.79 Å². The highest BCUT2D eigenvalue weighted by Gasteiger charge is 2.11. The second-order valence-corrected chi connectivity index (χ2v) is 6.31. The van der Waals surface area contributed by atoms with E-state index in [1.165, 1.54) is 41.0 Å². The maximum absolute atomic E-state index is 11.0. The first-order valence-corrected chi connectivity index (χ1v) is 7.67. The smallest absolute Gasteiger partial charge is 0.335 e. The third-order valence-electron chi connectivity index (χ3n) is 2.59. The standard InChI is InChI=1S/C13H7ClN2O2S2/c14-11-4-8(5-19-11)10-6-20-12(16-10)9-3-7(13(17)18)1-2-15-9/h1-6H,(H,17,18). The number of thiophene rings is 1. The van der Waals surface area contributed by atoms with Crippen LogP contribution in [0.2, 0.25) is 4.34 Å². The van der Waals surface area contributed by atoms with E-state index in [0.717, 1.165) is 11.3 Å². The molecule has 0 aliphatic carbocycles. The zero-order valence-electron chi connectivity index (χ0n) is 9.91. The number of halogens is 1. The normalized spacial score (nSPS) is 10.7. The fraction of sp³-hybridized carbons (Fsp3) is 0. The third kappa shape index (κ3) is 2.58. The van der Waals surface area contributed by atoms with Gasteiger partial charge >= 0.3 is 5.97 Å². The summed E-state index contributed by atoms with van der Waals surface area (Å²) in [5.41, 5.74) is 2.53. The van der Waals surface area contributed by atoms with Gasteiger partial charge in [0.2, 0.25) is 0 Å². The first-order chi connectivity index (χ1) is 9.63. The fourth-order valence-electron chi connectivity index (χ4n) is 1.65. The number of carboxylic acid groups (broad SMARTS) is 1. The van der Waals surface area contributed by atoms with E-state index in [1.54, 1.807) is 0 Å². The van der Waals surface area contributed by atoms with E-state index in [0.29, 0.717) is 15.0 Å². The average Bonchev–Trinajstić information content (AvgIpc) is 3.07. The molecule has 0 saturated carbocycles. The van der Waals surface area contributed by atoms with Gasteiger partial charge < -0.3 is 5.11 Å². The largest absolute Gasteiger partial charge is 0.478 e. The quantitative estimate of drug-likeness (QED) is 0.781. The Morgan fingerprint density at radius 1 is 1.20 bits per heavy atom. The molecular formula is C13H7ClN2O2S2. The molecular weight excluding hydrogens is 316 g/mol. The monoisotopic (exact) mass is 322 g/mol. The molecule has 1 N–H and O–H groups in total. The summed E-state index contributed by atoms with van der Waals surface area (Å²) in [6, 6.07) is 4.83. The van der Waals surface area contributed by atoms with Gasteiger partial charge in [-0.3, -0.25) is 4.98 Å². The molecule has 0 amide bonds. The first-order valence-electron chi connectivity index (χ1n) is 5.53. The van der Waals surface area contributed by atoms with E-state index in [-0.39, 0.29) is 5.56 Å². The number of pyridine rings is 1. The van der Waals surface area contributed by atoms with Crippen LogP contribution in [-0.4, -0.2) is 21.0 Å². The highest BCUT2D eigenvalue weighted by Crippen LogP contribution is 2.32. The Morgan fingerprint density at radius 2 is 2.05 bits per heavy atom. The van der Waals surface area contributed by atoms with Crippen molar-refractivity contribution < 1.29 is 9.90 Å². The number of rotatable bonds is 3. The molecule has 3 rings (SSSR count). The summed E-state index contributed by atoms with van der Waals surface area (Å²) in [6.07, 6.45) is 1.47. The molecule has 4 nitrogen and oxygen atoms in total. The second-order valence-electron chi connectivity index (χ2n) is 3.91. The Balaban J connectivity index is 1.98. The van der Waals surface area contributed by atoms with Crippen molar-refractivity contribution in [3.63, 3.8) is 0 Å². The summed E-state index contributed by atoms with van der Waals surface area (Å²) in [7, 11) is 0. The van der Waals surface area contributed by atoms with E-state index < -0.39 is 5.97 Å². The van der Waals surface area contributed by atoms with E-state index in [1.807, 2.05) is 16.8 Å². The van der Waals surface area contributed by atoms with E-state index in [2.05, 4.69) is 9.97 Å². The molecule has 0 fully saturated rings. The van der Waals surface area contributed by atoms with Crippen LogP contribution < -0.4 is 0 Å². The Kier molecular flexibility index (Phi) is 3.52. The number of aromatic carboxylic acids is 1. The van der Waals surface area contributed by atoms with Gasteiger partial charge in [0, 0.05) is 22.5 Å². The van der Waals surface area contributed by atoms with Gasteiger partial charge in [-0.2, -0.15) is 0 Å². The zero-order chi connectivity index (χ0) is 14.1. The molecule has 0 atom stereocenters. The Labute approximate surface area is 127 Å². The molecule has 100 valence electrons. The maximum Gasteiger partial charge on any atom is 0.335 e. The van der Waals surface area contributed by atoms with Crippen LogP contribution in [-0.2, 0) is 0 Å². The molecule has 0 unspecified atom stereocenters. The lowest BCUT2D eigenvalue weighted by Crippen LogP contribution is -1.97. The number of carbonyl (C=O) groups is 1. The molecule has 3 heterocycles. The molecule has 7 heteroatoms. The molecule has 0 aliphatic rings. The summed E-state index contributed by atoms with van der Waals surface area (Å²) in [4.78, 5) is 19.6. The molecule has 3 aromatic rings. The Hall–Kier alpha value is -1.76. The molecule has 3 aromatic heterocycles. The predicted octanol–water partition coefficient (Wildman–Crippen LogP) is 4.29. The first kappa shape index (κ1) is 13.2. The molecule has 20 heavy (non-hydrogen) atoms. The van der Waals surface area contributed by atoms with Gasteiger partial charge in [0.1, 0.15) is 5.01 Å². The van der Waals surface area contributed by atoms with Gasteiger partial charge in [-0.15, -0.1) is 22.7 Å². The molecule has 0 spiro atoms. The lowest BCUT2D eigenvalue weighted by Gasteiger charge is -1.97. The molecule has 0 aromatic carbocycles. The third-order valence-corrected chi connectivity index (χ3v) is 4.55. The summed E-state index contributed by atoms with van der Waals surface area (Å²) in [6.45, 7) is 0. The highest BCUT2D eigenvalue weighted by atomic mass is 35.5. The van der Waals surface area contributed by atoms with Crippen LogP contribution in [0.5, 0.6) is 0 Å². The van der Waals surface area contributed by atoms with Gasteiger partial charge in [-0.05, 0) is 18.2 Å². The average molecular weight is 323 g/mol. The van der Waals surface area contributed by atoms with Crippen LogP contribution >= 0.6 is 34.3 Å². The van der Waals surface area contributed by atoms with Crippen molar-refractivity contribution in [2.75, 3.05) is 0 Å². The molecule has 0 saturated heterocycles. The van der Waals surface area contributed by atoms with Crippen molar-refractivity contribution >= 4 is 40.2 Å². The fourth-order valence-corrected chi connectivity index (χ4v) is 3.32. The van der Waals surface area contributed by atoms with Crippen molar-refractivity contribution in [2.45, 2.75) is 0 Å². The summed E-state index contributed by atoms with van der Waals surface area (Å²) < 4.78 is 0.709. The van der Waals surface area contributed by atoms with Gasteiger partial charge in [0.05, 0.1) is 21.3 Å². The van der Waals surface area contributed by atoms with Crippen molar-refractivity contribution in [3.05, 3.63) is 45.1 Å². The lowest BCUT2D eigenvalue weighted by molar-refractivity contribution is 0.0697.